The summed E-state index contributed by atoms with van der Waals surface area (Å²) in [7, 11) is 0. The van der Waals surface area contributed by atoms with Crippen molar-refractivity contribution in [1.82, 2.24) is 24.9 Å². The molecule has 0 radical (unpaired) electrons. The minimum atomic E-state index is -0.299. The number of fused-ring (bicyclic) bond motifs is 2. The zero-order chi connectivity index (χ0) is 20.0. The summed E-state index contributed by atoms with van der Waals surface area (Å²) in [4.78, 5) is 9.24. The van der Waals surface area contributed by atoms with Gasteiger partial charge in [-0.15, -0.1) is 0 Å². The van der Waals surface area contributed by atoms with E-state index in [1.165, 1.54) is 12.1 Å². The van der Waals surface area contributed by atoms with E-state index in [1.807, 2.05) is 6.07 Å². The highest BCUT2D eigenvalue weighted by Gasteiger charge is 2.19. The summed E-state index contributed by atoms with van der Waals surface area (Å²) in [6.45, 7) is 2.03. The molecular weight excluding hydrogens is 439 g/mol. The number of hydrogen-bond donors (Lipinski definition) is 2. The third-order valence-corrected chi connectivity index (χ3v) is 6.00. The van der Waals surface area contributed by atoms with Gasteiger partial charge in [-0.1, -0.05) is 0 Å². The Balaban J connectivity index is 1.57. The molecule has 5 rings (SSSR count). The van der Waals surface area contributed by atoms with E-state index in [2.05, 4.69) is 31.3 Å². The van der Waals surface area contributed by atoms with Crippen molar-refractivity contribution in [3.8, 4) is 11.1 Å². The highest BCUT2D eigenvalue weighted by Crippen LogP contribution is 2.31. The Labute approximate surface area is 174 Å². The highest BCUT2D eigenvalue weighted by atomic mass is 79.9. The Kier molecular flexibility index (Phi) is 4.65. The zero-order valence-electron chi connectivity index (χ0n) is 15.4. The van der Waals surface area contributed by atoms with Gasteiger partial charge in [0.1, 0.15) is 11.6 Å². The molecule has 7 nitrogen and oxygen atoms in total. The van der Waals surface area contributed by atoms with Gasteiger partial charge in [-0.05, 0) is 46.6 Å². The molecule has 0 spiro atoms. The average molecular weight is 457 g/mol. The van der Waals surface area contributed by atoms with Crippen LogP contribution in [0.3, 0.4) is 0 Å². The molecule has 0 bridgehead atoms. The number of hydrogen-bond acceptors (Lipinski definition) is 6. The number of pyridine rings is 1. The van der Waals surface area contributed by atoms with Crippen molar-refractivity contribution < 1.29 is 9.13 Å². The number of nitrogens with zero attached hydrogens (tertiary/aromatic N) is 4. The average Bonchev–Trinajstić information content (AvgIpc) is 3.39. The predicted molar refractivity (Wildman–Crippen MR) is 112 cm³/mol. The fourth-order valence-electron chi connectivity index (χ4n) is 3.55. The van der Waals surface area contributed by atoms with Crippen LogP contribution in [0.15, 0.2) is 41.1 Å². The maximum absolute atomic E-state index is 13.6. The molecule has 1 fully saturated rings. The number of aromatic nitrogens is 4. The lowest BCUT2D eigenvalue weighted by Crippen LogP contribution is -2.29. The molecule has 4 aromatic rings. The van der Waals surface area contributed by atoms with E-state index in [9.17, 15) is 4.39 Å². The van der Waals surface area contributed by atoms with E-state index in [0.29, 0.717) is 35.1 Å². The van der Waals surface area contributed by atoms with E-state index < -0.39 is 0 Å². The Morgan fingerprint density at radius 1 is 1.31 bits per heavy atom. The van der Waals surface area contributed by atoms with Crippen molar-refractivity contribution in [2.24, 2.45) is 0 Å². The number of nitrogens with one attached hydrogen (secondary N) is 1. The number of anilines is 1. The predicted octanol–water partition coefficient (Wildman–Crippen LogP) is 3.31. The lowest BCUT2D eigenvalue weighted by Gasteiger charge is -2.13. The van der Waals surface area contributed by atoms with E-state index >= 15 is 0 Å². The van der Waals surface area contributed by atoms with Crippen molar-refractivity contribution in [2.45, 2.75) is 19.0 Å². The van der Waals surface area contributed by atoms with Gasteiger partial charge in [0, 0.05) is 41.9 Å². The standard InChI is InChI=1S/C20H18BrFN6O/c21-18-17(9-24-14-3-4-29-10-14)27-20-15(8-26-28(20)19(18)23)12-5-11-6-13(22)1-2-16(11)25-7-12/h1-2,5-8,14,24H,3-4,9-10,23H2/t14-/m0/s1. The van der Waals surface area contributed by atoms with Crippen LogP contribution >= 0.6 is 15.9 Å². The van der Waals surface area contributed by atoms with Crippen LogP contribution in [0.25, 0.3) is 27.7 Å². The van der Waals surface area contributed by atoms with E-state index in [-0.39, 0.29) is 5.82 Å². The monoisotopic (exact) mass is 456 g/mol. The van der Waals surface area contributed by atoms with Gasteiger partial charge >= 0.3 is 0 Å². The first-order chi connectivity index (χ1) is 14.1. The van der Waals surface area contributed by atoms with Gasteiger partial charge in [0.15, 0.2) is 5.65 Å². The van der Waals surface area contributed by atoms with Crippen LogP contribution in [0.2, 0.25) is 0 Å². The van der Waals surface area contributed by atoms with Gasteiger partial charge in [0.25, 0.3) is 0 Å². The zero-order valence-corrected chi connectivity index (χ0v) is 17.0. The fourth-order valence-corrected chi connectivity index (χ4v) is 3.95. The molecule has 9 heteroatoms. The summed E-state index contributed by atoms with van der Waals surface area (Å²) in [5, 5.41) is 8.56. The van der Waals surface area contributed by atoms with E-state index in [4.69, 9.17) is 15.5 Å². The van der Waals surface area contributed by atoms with E-state index in [0.717, 1.165) is 40.8 Å². The molecule has 1 aromatic carbocycles. The molecule has 0 saturated carbocycles. The number of rotatable bonds is 4. The Morgan fingerprint density at radius 3 is 3.03 bits per heavy atom. The van der Waals surface area contributed by atoms with Crippen LogP contribution in [0.4, 0.5) is 10.2 Å². The summed E-state index contributed by atoms with van der Waals surface area (Å²) in [5.74, 6) is 0.174. The molecule has 1 saturated heterocycles. The summed E-state index contributed by atoms with van der Waals surface area (Å²) >= 11 is 3.54. The van der Waals surface area contributed by atoms with Crippen LogP contribution in [0.1, 0.15) is 12.1 Å². The van der Waals surface area contributed by atoms with Crippen molar-refractivity contribution in [2.75, 3.05) is 18.9 Å². The number of halogens is 2. The van der Waals surface area contributed by atoms with Gasteiger partial charge in [-0.3, -0.25) is 4.98 Å². The van der Waals surface area contributed by atoms with Crippen LogP contribution < -0.4 is 11.1 Å². The molecule has 1 aliphatic rings. The minimum absolute atomic E-state index is 0.299. The number of nitrogens with two attached hydrogens (primary N) is 1. The maximum Gasteiger partial charge on any atom is 0.165 e. The van der Waals surface area contributed by atoms with Gasteiger partial charge in [-0.25, -0.2) is 9.37 Å². The molecule has 3 N–H and O–H groups in total. The summed E-state index contributed by atoms with van der Waals surface area (Å²) in [6, 6.07) is 6.73. The number of nitrogen functional groups attached to an aromatic ring is 1. The molecule has 1 aliphatic heterocycles. The maximum atomic E-state index is 13.6. The Hall–Kier alpha value is -2.62. The second-order valence-corrected chi connectivity index (χ2v) is 7.85. The van der Waals surface area contributed by atoms with Gasteiger partial charge in [-0.2, -0.15) is 9.61 Å². The first-order valence-corrected chi connectivity index (χ1v) is 10.1. The summed E-state index contributed by atoms with van der Waals surface area (Å²) < 4.78 is 21.4. The third kappa shape index (κ3) is 3.35. The van der Waals surface area contributed by atoms with Gasteiger partial charge < -0.3 is 15.8 Å². The van der Waals surface area contributed by atoms with Crippen molar-refractivity contribution >= 4 is 38.3 Å². The Morgan fingerprint density at radius 2 is 2.21 bits per heavy atom. The third-order valence-electron chi connectivity index (χ3n) is 5.13. The second kappa shape index (κ2) is 7.33. The molecule has 0 unspecified atom stereocenters. The number of ether oxygens (including phenoxy) is 1. The highest BCUT2D eigenvalue weighted by molar-refractivity contribution is 9.10. The van der Waals surface area contributed by atoms with Gasteiger partial charge in [0.2, 0.25) is 0 Å². The first-order valence-electron chi connectivity index (χ1n) is 9.28. The molecular formula is C20H18BrFN6O. The van der Waals surface area contributed by atoms with Crippen LogP contribution in [0, 0.1) is 5.82 Å². The molecule has 1 atom stereocenters. The molecule has 29 heavy (non-hydrogen) atoms. The molecule has 4 heterocycles. The SMILES string of the molecule is Nc1c(Br)c(CN[C@H]2CCOC2)nc2c(-c3cnc4ccc(F)cc4c3)cnn12. The Bertz CT molecular complexity index is 1220. The normalized spacial score (nSPS) is 16.8. The largest absolute Gasteiger partial charge is 0.383 e. The first kappa shape index (κ1) is 18.4. The van der Waals surface area contributed by atoms with Crippen molar-refractivity contribution in [1.29, 1.82) is 0 Å². The minimum Gasteiger partial charge on any atom is -0.383 e. The van der Waals surface area contributed by atoms with Crippen molar-refractivity contribution in [3.05, 3.63) is 52.6 Å². The van der Waals surface area contributed by atoms with E-state index in [1.54, 1.807) is 23.0 Å². The smallest absolute Gasteiger partial charge is 0.165 e. The fraction of sp³-hybridized carbons (Fsp3) is 0.250. The second-order valence-electron chi connectivity index (χ2n) is 7.05. The quantitative estimate of drug-likeness (QED) is 0.489. The molecule has 148 valence electrons. The molecule has 0 amide bonds. The van der Waals surface area contributed by atoms with Crippen LogP contribution in [0.5, 0.6) is 0 Å². The van der Waals surface area contributed by atoms with Crippen LogP contribution in [-0.2, 0) is 11.3 Å². The summed E-state index contributed by atoms with van der Waals surface area (Å²) in [6.07, 6.45) is 4.42. The van der Waals surface area contributed by atoms with Gasteiger partial charge in [0.05, 0.1) is 28.5 Å². The lowest BCUT2D eigenvalue weighted by atomic mass is 10.1. The topological polar surface area (TPSA) is 90.4 Å². The summed E-state index contributed by atoms with van der Waals surface area (Å²) in [5.41, 5.74) is 10.0. The molecule has 3 aromatic heterocycles. The lowest BCUT2D eigenvalue weighted by molar-refractivity contribution is 0.189. The number of benzene rings is 1. The molecule has 0 aliphatic carbocycles. The van der Waals surface area contributed by atoms with Crippen LogP contribution in [-0.4, -0.2) is 38.8 Å². The van der Waals surface area contributed by atoms with Crippen molar-refractivity contribution in [3.63, 3.8) is 0 Å².